The minimum atomic E-state index is -4.48. The number of alkyl halides is 7. The lowest BCUT2D eigenvalue weighted by molar-refractivity contribution is -0.384. The summed E-state index contributed by atoms with van der Waals surface area (Å²) in [4.78, 5) is 26.7. The topological polar surface area (TPSA) is 75.9 Å². The molecule has 14 heteroatoms. The average molecular weight is 535 g/mol. The number of nitrogens with zero attached hydrogens (tertiary/aromatic N) is 3. The number of nitro groups is 1. The summed E-state index contributed by atoms with van der Waals surface area (Å²) in [7, 11) is 0. The summed E-state index contributed by atoms with van der Waals surface area (Å²) < 4.78 is 97.1. The van der Waals surface area contributed by atoms with Gasteiger partial charge >= 0.3 is 18.0 Å². The molecule has 1 amide bonds. The second kappa shape index (κ2) is 9.38. The molecule has 1 heterocycles. The van der Waals surface area contributed by atoms with E-state index in [0.717, 1.165) is 30.3 Å². The second-order valence-electron chi connectivity index (χ2n) is 8.80. The van der Waals surface area contributed by atoms with Gasteiger partial charge in [0, 0.05) is 50.4 Å². The molecule has 2 aromatic rings. The maximum Gasteiger partial charge on any atom is 0.416 e. The van der Waals surface area contributed by atoms with Crippen LogP contribution in [0.15, 0.2) is 42.5 Å². The monoisotopic (exact) mass is 535 g/mol. The maximum atomic E-state index is 13.6. The Bertz CT molecular complexity index is 1180. The number of hydrogen-bond donors (Lipinski definition) is 0. The van der Waals surface area contributed by atoms with E-state index in [1.807, 2.05) is 0 Å². The summed E-state index contributed by atoms with van der Waals surface area (Å²) in [5.74, 6) is -11.2. The third kappa shape index (κ3) is 5.14. The molecule has 1 unspecified atom stereocenters. The summed E-state index contributed by atoms with van der Waals surface area (Å²) in [6.45, 7) is -0.122. The fourth-order valence-corrected chi connectivity index (χ4v) is 4.22. The van der Waals surface area contributed by atoms with Crippen LogP contribution in [0.3, 0.4) is 0 Å². The molecular weight excluding hydrogens is 515 g/mol. The lowest BCUT2D eigenvalue weighted by atomic mass is 9.77. The van der Waals surface area contributed by atoms with Crippen molar-refractivity contribution >= 4 is 17.3 Å². The van der Waals surface area contributed by atoms with E-state index < -0.39 is 59.0 Å². The van der Waals surface area contributed by atoms with Crippen LogP contribution < -0.4 is 9.64 Å². The lowest BCUT2D eigenvalue weighted by Gasteiger charge is -2.43. The number of ether oxygens (including phenoxy) is 1. The summed E-state index contributed by atoms with van der Waals surface area (Å²) in [5.41, 5.74) is -1.03. The van der Waals surface area contributed by atoms with Gasteiger partial charge in [0.15, 0.2) is 0 Å². The highest BCUT2D eigenvalue weighted by Crippen LogP contribution is 2.55. The Morgan fingerprint density at radius 3 is 2.16 bits per heavy atom. The lowest BCUT2D eigenvalue weighted by Crippen LogP contribution is -2.60. The van der Waals surface area contributed by atoms with Crippen molar-refractivity contribution in [2.24, 2.45) is 5.92 Å². The van der Waals surface area contributed by atoms with Gasteiger partial charge in [-0.3, -0.25) is 14.9 Å². The van der Waals surface area contributed by atoms with E-state index in [1.165, 1.54) is 17.0 Å². The number of benzene rings is 2. The number of amides is 1. The molecule has 2 aromatic carbocycles. The molecule has 0 spiro atoms. The van der Waals surface area contributed by atoms with Gasteiger partial charge in [-0.2, -0.15) is 30.7 Å². The van der Waals surface area contributed by atoms with Crippen LogP contribution in [0.2, 0.25) is 0 Å². The van der Waals surface area contributed by atoms with Gasteiger partial charge in [-0.25, -0.2) is 0 Å². The van der Waals surface area contributed by atoms with Gasteiger partial charge in [-0.05, 0) is 30.3 Å². The number of carbonyl (C=O) groups excluding carboxylic acids is 1. The Labute approximate surface area is 205 Å². The molecule has 1 saturated heterocycles. The number of nitro benzene ring substituents is 1. The normalized spacial score (nSPS) is 20.8. The average Bonchev–Trinajstić information content (AvgIpc) is 2.85. The van der Waals surface area contributed by atoms with Crippen molar-refractivity contribution in [3.05, 3.63) is 63.7 Å². The highest BCUT2D eigenvalue weighted by Gasteiger charge is 2.71. The van der Waals surface area contributed by atoms with E-state index in [2.05, 4.69) is 0 Å². The number of anilines is 1. The molecule has 2 fully saturated rings. The summed E-state index contributed by atoms with van der Waals surface area (Å²) in [5, 5.41) is 11.2. The first-order valence-corrected chi connectivity index (χ1v) is 11.1. The summed E-state index contributed by atoms with van der Waals surface area (Å²) >= 11 is 0. The predicted molar refractivity (Wildman–Crippen MR) is 116 cm³/mol. The Hall–Kier alpha value is -3.58. The Morgan fingerprint density at radius 2 is 1.65 bits per heavy atom. The van der Waals surface area contributed by atoms with Gasteiger partial charge in [-0.15, -0.1) is 0 Å². The zero-order chi connectivity index (χ0) is 27.2. The van der Waals surface area contributed by atoms with Crippen molar-refractivity contribution in [1.82, 2.24) is 4.90 Å². The fraction of sp³-hybridized carbons (Fsp3) is 0.435. The van der Waals surface area contributed by atoms with Crippen molar-refractivity contribution < 1.29 is 45.2 Å². The van der Waals surface area contributed by atoms with Gasteiger partial charge in [0.25, 0.3) is 11.6 Å². The van der Waals surface area contributed by atoms with E-state index in [9.17, 15) is 45.6 Å². The molecule has 4 rings (SSSR count). The molecule has 200 valence electrons. The van der Waals surface area contributed by atoms with Gasteiger partial charge in [-0.1, -0.05) is 0 Å². The van der Waals surface area contributed by atoms with Crippen LogP contribution in [0.25, 0.3) is 0 Å². The minimum Gasteiger partial charge on any atom is -0.492 e. The van der Waals surface area contributed by atoms with Crippen LogP contribution in [0.5, 0.6) is 5.75 Å². The van der Waals surface area contributed by atoms with E-state index in [-0.39, 0.29) is 37.5 Å². The van der Waals surface area contributed by atoms with Crippen LogP contribution in [-0.4, -0.2) is 60.4 Å². The molecule has 1 aliphatic carbocycles. The minimum absolute atomic E-state index is 0.106. The van der Waals surface area contributed by atoms with E-state index in [4.69, 9.17) is 4.74 Å². The molecule has 0 bridgehead atoms. The Kier molecular flexibility index (Phi) is 6.71. The van der Waals surface area contributed by atoms with Gasteiger partial charge in [0.2, 0.25) is 0 Å². The van der Waals surface area contributed by atoms with Gasteiger partial charge < -0.3 is 14.5 Å². The molecule has 1 atom stereocenters. The van der Waals surface area contributed by atoms with Crippen LogP contribution in [0, 0.1) is 16.0 Å². The maximum absolute atomic E-state index is 13.6. The van der Waals surface area contributed by atoms with Crippen molar-refractivity contribution in [3.8, 4) is 5.75 Å². The Balaban J connectivity index is 1.45. The molecule has 37 heavy (non-hydrogen) atoms. The smallest absolute Gasteiger partial charge is 0.416 e. The molecule has 2 aliphatic rings. The number of non-ortho nitro benzene ring substituents is 1. The molecule has 1 aliphatic heterocycles. The molecule has 0 N–H and O–H groups in total. The number of carbonyl (C=O) groups is 1. The zero-order valence-electron chi connectivity index (χ0n) is 19.0. The van der Waals surface area contributed by atoms with Crippen LogP contribution in [0.4, 0.5) is 42.1 Å². The number of halogens is 7. The first-order chi connectivity index (χ1) is 17.2. The molecule has 0 aromatic heterocycles. The van der Waals surface area contributed by atoms with Crippen LogP contribution in [0.1, 0.15) is 22.3 Å². The van der Waals surface area contributed by atoms with E-state index in [0.29, 0.717) is 5.69 Å². The predicted octanol–water partition coefficient (Wildman–Crippen LogP) is 5.25. The quantitative estimate of drug-likeness (QED) is 0.287. The molecular formula is C23H20F7N3O4. The third-order valence-electron chi connectivity index (χ3n) is 6.47. The van der Waals surface area contributed by atoms with E-state index >= 15 is 0 Å². The van der Waals surface area contributed by atoms with Crippen molar-refractivity contribution in [2.75, 3.05) is 37.7 Å². The molecule has 1 saturated carbocycles. The van der Waals surface area contributed by atoms with Crippen molar-refractivity contribution in [3.63, 3.8) is 0 Å². The SMILES string of the molecule is O=C(c1cc([N+](=O)[O-])ccc1OCC1CC(F)(F)C1(F)F)N1CCN(c2ccc(C(F)(F)F)cc2)CC1. The fourth-order valence-electron chi connectivity index (χ4n) is 4.22. The largest absolute Gasteiger partial charge is 0.492 e. The van der Waals surface area contributed by atoms with Crippen molar-refractivity contribution in [2.45, 2.75) is 24.4 Å². The number of hydrogen-bond acceptors (Lipinski definition) is 5. The Morgan fingerprint density at radius 1 is 1.03 bits per heavy atom. The zero-order valence-corrected chi connectivity index (χ0v) is 19.0. The first kappa shape index (κ1) is 26.5. The van der Waals surface area contributed by atoms with Crippen molar-refractivity contribution in [1.29, 1.82) is 0 Å². The van der Waals surface area contributed by atoms with Gasteiger partial charge in [0.05, 0.1) is 28.6 Å². The molecule has 7 nitrogen and oxygen atoms in total. The standard InChI is InChI=1S/C23H20F7N3O4/c24-21(25)12-15(22(21,26)27)13-37-19-6-5-17(33(35)36)11-18(19)20(34)32-9-7-31(8-10-32)16-3-1-14(2-4-16)23(28,29)30/h1-6,11,15H,7-10,12-13H2. The molecule has 0 radical (unpaired) electrons. The third-order valence-corrected chi connectivity index (χ3v) is 6.47. The second-order valence-corrected chi connectivity index (χ2v) is 8.80. The summed E-state index contributed by atoms with van der Waals surface area (Å²) in [6, 6.07) is 7.50. The number of piperazine rings is 1. The highest BCUT2D eigenvalue weighted by molar-refractivity contribution is 5.97. The van der Waals surface area contributed by atoms with Crippen LogP contribution in [-0.2, 0) is 6.18 Å². The van der Waals surface area contributed by atoms with Gasteiger partial charge in [0.1, 0.15) is 5.75 Å². The first-order valence-electron chi connectivity index (χ1n) is 11.1. The number of rotatable bonds is 6. The van der Waals surface area contributed by atoms with E-state index in [1.54, 1.807) is 4.90 Å². The highest BCUT2D eigenvalue weighted by atomic mass is 19.4. The van der Waals surface area contributed by atoms with Crippen LogP contribution >= 0.6 is 0 Å². The summed E-state index contributed by atoms with van der Waals surface area (Å²) in [6.07, 6.45) is -5.57.